The van der Waals surface area contributed by atoms with E-state index in [0.717, 1.165) is 41.7 Å². The lowest BCUT2D eigenvalue weighted by molar-refractivity contribution is -0.114. The third-order valence-electron chi connectivity index (χ3n) is 8.88. The standard InChI is InChI=1S/C36H35F3N4O3S/c1-19(2)14-22-16-23(17-36(12-13-36)24-5-7-25(37)8-6-24)31(35-43-42-20(3)46-35)32(30(22)33(40)44)28-10-11-29(47-28)34(45)41-18-21-4-9-26(38)27(39)15-21/h4-11,15,19,32H,12-14,16-18H2,1-3H3,(H2,40,44)(H,41,45). The van der Waals surface area contributed by atoms with Gasteiger partial charge in [-0.25, -0.2) is 13.2 Å². The summed E-state index contributed by atoms with van der Waals surface area (Å²) in [5.74, 6) is -2.97. The van der Waals surface area contributed by atoms with Gasteiger partial charge in [-0.1, -0.05) is 43.2 Å². The lowest BCUT2D eigenvalue weighted by Gasteiger charge is -2.32. The Morgan fingerprint density at radius 2 is 1.77 bits per heavy atom. The van der Waals surface area contributed by atoms with E-state index in [1.165, 1.54) is 29.5 Å². The molecule has 0 radical (unpaired) electrons. The molecule has 0 aliphatic heterocycles. The summed E-state index contributed by atoms with van der Waals surface area (Å²) in [6.45, 7) is 5.87. The first-order valence-electron chi connectivity index (χ1n) is 15.6. The van der Waals surface area contributed by atoms with Crippen LogP contribution in [0, 0.1) is 30.3 Å². The van der Waals surface area contributed by atoms with Crippen molar-refractivity contribution in [3.05, 3.63) is 121 Å². The molecule has 4 aromatic rings. The van der Waals surface area contributed by atoms with Gasteiger partial charge >= 0.3 is 0 Å². The summed E-state index contributed by atoms with van der Waals surface area (Å²) in [6, 6.07) is 13.6. The molecule has 2 aliphatic carbocycles. The zero-order chi connectivity index (χ0) is 33.5. The van der Waals surface area contributed by atoms with Crippen LogP contribution in [-0.2, 0) is 16.8 Å². The van der Waals surface area contributed by atoms with E-state index < -0.39 is 29.4 Å². The topological polar surface area (TPSA) is 111 Å². The Morgan fingerprint density at radius 1 is 1.02 bits per heavy atom. The molecule has 2 aliphatic rings. The van der Waals surface area contributed by atoms with Crippen LogP contribution in [0.25, 0.3) is 5.57 Å². The molecule has 1 fully saturated rings. The summed E-state index contributed by atoms with van der Waals surface area (Å²) < 4.78 is 47.0. The number of nitrogens with two attached hydrogens (primary N) is 1. The number of aryl methyl sites for hydroxylation is 1. The molecule has 6 rings (SSSR count). The number of allylic oxidation sites excluding steroid dienone is 3. The molecule has 2 heterocycles. The van der Waals surface area contributed by atoms with Gasteiger partial charge in [-0.05, 0) is 91.0 Å². The van der Waals surface area contributed by atoms with Gasteiger partial charge in [0.25, 0.3) is 5.91 Å². The largest absolute Gasteiger partial charge is 0.421 e. The van der Waals surface area contributed by atoms with Crippen molar-refractivity contribution < 1.29 is 27.2 Å². The summed E-state index contributed by atoms with van der Waals surface area (Å²) in [5.41, 5.74) is 10.5. The molecule has 2 amide bonds. The number of nitrogens with zero attached hydrogens (tertiary/aromatic N) is 2. The molecule has 0 saturated heterocycles. The predicted octanol–water partition coefficient (Wildman–Crippen LogP) is 7.68. The predicted molar refractivity (Wildman–Crippen MR) is 173 cm³/mol. The molecular weight excluding hydrogens is 625 g/mol. The van der Waals surface area contributed by atoms with Crippen molar-refractivity contribution in [3.8, 4) is 0 Å². The second kappa shape index (κ2) is 12.9. The number of carbonyl (C=O) groups excluding carboxylic acids is 2. The minimum atomic E-state index is -0.991. The van der Waals surface area contributed by atoms with Gasteiger partial charge in [0.1, 0.15) is 5.82 Å². The molecule has 0 bridgehead atoms. The Morgan fingerprint density at radius 3 is 2.38 bits per heavy atom. The third-order valence-corrected chi connectivity index (χ3v) is 10.0. The van der Waals surface area contributed by atoms with Crippen LogP contribution in [0.1, 0.15) is 89.3 Å². The van der Waals surface area contributed by atoms with Crippen LogP contribution in [0.3, 0.4) is 0 Å². The van der Waals surface area contributed by atoms with E-state index in [-0.39, 0.29) is 29.6 Å². The first-order chi connectivity index (χ1) is 22.4. The Bertz CT molecular complexity index is 1900. The van der Waals surface area contributed by atoms with E-state index in [4.69, 9.17) is 10.2 Å². The monoisotopic (exact) mass is 660 g/mol. The van der Waals surface area contributed by atoms with Crippen LogP contribution in [0.5, 0.6) is 0 Å². The summed E-state index contributed by atoms with van der Waals surface area (Å²) >= 11 is 1.22. The molecular formula is C36H35F3N4O3S. The van der Waals surface area contributed by atoms with Crippen molar-refractivity contribution in [2.24, 2.45) is 11.7 Å². The second-order valence-electron chi connectivity index (χ2n) is 12.8. The summed E-state index contributed by atoms with van der Waals surface area (Å²) in [4.78, 5) is 27.6. The summed E-state index contributed by atoms with van der Waals surface area (Å²) in [7, 11) is 0. The number of hydrogen-bond acceptors (Lipinski definition) is 6. The summed E-state index contributed by atoms with van der Waals surface area (Å²) in [5, 5.41) is 11.3. The molecule has 2 aromatic heterocycles. The van der Waals surface area contributed by atoms with Gasteiger partial charge in [-0.3, -0.25) is 9.59 Å². The zero-order valence-electron chi connectivity index (χ0n) is 26.3. The fraction of sp³-hybridized carbons (Fsp3) is 0.333. The van der Waals surface area contributed by atoms with Crippen LogP contribution in [0.2, 0.25) is 0 Å². The number of carbonyl (C=O) groups is 2. The SMILES string of the molecule is Cc1nnc(C2=C(CC3(c4ccc(F)cc4)CC3)CC(CC(C)C)=C(C(N)=O)C2c2ccc(C(=O)NCc3ccc(F)c(F)c3)s2)o1. The fourth-order valence-corrected chi connectivity index (χ4v) is 7.64. The van der Waals surface area contributed by atoms with E-state index in [9.17, 15) is 22.8 Å². The molecule has 11 heteroatoms. The van der Waals surface area contributed by atoms with E-state index in [2.05, 4.69) is 29.4 Å². The fourth-order valence-electron chi connectivity index (χ4n) is 6.59. The number of hydrogen-bond donors (Lipinski definition) is 2. The van der Waals surface area contributed by atoms with Gasteiger partial charge in [0, 0.05) is 29.5 Å². The molecule has 1 saturated carbocycles. The maximum absolute atomic E-state index is 13.9. The van der Waals surface area contributed by atoms with Gasteiger partial charge in [-0.2, -0.15) is 0 Å². The van der Waals surface area contributed by atoms with E-state index in [0.29, 0.717) is 51.6 Å². The number of primary amides is 1. The number of benzene rings is 2. The highest BCUT2D eigenvalue weighted by Gasteiger charge is 2.47. The molecule has 2 aromatic carbocycles. The van der Waals surface area contributed by atoms with Gasteiger partial charge in [0.05, 0.1) is 10.8 Å². The molecule has 244 valence electrons. The number of aromatic nitrogens is 2. The van der Waals surface area contributed by atoms with Crippen LogP contribution >= 0.6 is 11.3 Å². The number of rotatable bonds is 11. The van der Waals surface area contributed by atoms with Crippen LogP contribution < -0.4 is 11.1 Å². The van der Waals surface area contributed by atoms with E-state index >= 15 is 0 Å². The Hall–Kier alpha value is -4.51. The van der Waals surface area contributed by atoms with E-state index in [1.54, 1.807) is 19.1 Å². The molecule has 47 heavy (non-hydrogen) atoms. The lowest BCUT2D eigenvalue weighted by Crippen LogP contribution is -2.27. The average Bonchev–Trinajstić information content (AvgIpc) is 3.40. The maximum atomic E-state index is 13.9. The smallest absolute Gasteiger partial charge is 0.261 e. The third kappa shape index (κ3) is 6.81. The van der Waals surface area contributed by atoms with Crippen molar-refractivity contribution in [1.29, 1.82) is 0 Å². The molecule has 3 N–H and O–H groups in total. The van der Waals surface area contributed by atoms with Gasteiger partial charge in [0.2, 0.25) is 17.7 Å². The first kappa shape index (κ1) is 32.4. The molecule has 1 unspecified atom stereocenters. The zero-order valence-corrected chi connectivity index (χ0v) is 27.1. The number of nitrogens with one attached hydrogen (secondary N) is 1. The Kier molecular flexibility index (Phi) is 8.93. The quantitative estimate of drug-likeness (QED) is 0.172. The van der Waals surface area contributed by atoms with Gasteiger partial charge in [0.15, 0.2) is 11.6 Å². The number of halogens is 3. The van der Waals surface area contributed by atoms with Gasteiger partial charge < -0.3 is 15.5 Å². The maximum Gasteiger partial charge on any atom is 0.261 e. The lowest BCUT2D eigenvalue weighted by atomic mass is 9.72. The first-order valence-corrected chi connectivity index (χ1v) is 16.4. The van der Waals surface area contributed by atoms with Crippen molar-refractivity contribution >= 4 is 28.7 Å². The molecule has 7 nitrogen and oxygen atoms in total. The van der Waals surface area contributed by atoms with Crippen LogP contribution in [-0.4, -0.2) is 22.0 Å². The van der Waals surface area contributed by atoms with Crippen molar-refractivity contribution in [2.75, 3.05) is 0 Å². The van der Waals surface area contributed by atoms with Gasteiger partial charge in [-0.15, -0.1) is 21.5 Å². The minimum absolute atomic E-state index is 0.000296. The Labute approximate surface area is 274 Å². The number of amides is 2. The number of thiophene rings is 1. The average molecular weight is 661 g/mol. The highest BCUT2D eigenvalue weighted by molar-refractivity contribution is 7.14. The Balaban J connectivity index is 1.42. The van der Waals surface area contributed by atoms with Crippen LogP contribution in [0.15, 0.2) is 75.7 Å². The second-order valence-corrected chi connectivity index (χ2v) is 13.9. The minimum Gasteiger partial charge on any atom is -0.421 e. The molecule has 1 atom stereocenters. The van der Waals surface area contributed by atoms with Crippen molar-refractivity contribution in [1.82, 2.24) is 15.5 Å². The van der Waals surface area contributed by atoms with E-state index in [1.807, 2.05) is 12.1 Å². The highest BCUT2D eigenvalue weighted by Crippen LogP contribution is 2.57. The van der Waals surface area contributed by atoms with Crippen LogP contribution in [0.4, 0.5) is 13.2 Å². The van der Waals surface area contributed by atoms with Crippen molar-refractivity contribution in [2.45, 2.75) is 70.8 Å². The highest BCUT2D eigenvalue weighted by atomic mass is 32.1. The summed E-state index contributed by atoms with van der Waals surface area (Å²) in [6.07, 6.45) is 3.64. The molecule has 0 spiro atoms. The van der Waals surface area contributed by atoms with Crippen molar-refractivity contribution in [3.63, 3.8) is 0 Å². The normalized spacial score (nSPS) is 17.4.